The van der Waals surface area contributed by atoms with Gasteiger partial charge in [0.25, 0.3) is 5.95 Å². The molecule has 5 rings (SSSR count). The Balaban J connectivity index is 1.68. The van der Waals surface area contributed by atoms with E-state index < -0.39 is 55.5 Å². The molecule has 16 heteroatoms. The largest absolute Gasteiger partial charge is 0.478 e. The van der Waals surface area contributed by atoms with Gasteiger partial charge in [0.2, 0.25) is 0 Å². The number of fused-ring (bicyclic) bond motifs is 1. The number of nitrogens with one attached hydrogen (secondary N) is 1. The van der Waals surface area contributed by atoms with Crippen LogP contribution in [0.15, 0.2) is 18.7 Å². The molecule has 0 radical (unpaired) electrons. The third-order valence-corrected chi connectivity index (χ3v) is 26.0. The molecule has 0 bridgehead atoms. The van der Waals surface area contributed by atoms with Gasteiger partial charge in [0.15, 0.2) is 48.2 Å². The summed E-state index contributed by atoms with van der Waals surface area (Å²) in [6.07, 6.45) is 6.86. The lowest BCUT2D eigenvalue weighted by Crippen LogP contribution is -2.54. The normalized spacial score (nSPS) is 22.6. The molecule has 2 aliphatic rings. The predicted molar refractivity (Wildman–Crippen MR) is 216 cm³/mol. The molecule has 0 amide bonds. The topological polar surface area (TPSA) is 148 Å². The van der Waals surface area contributed by atoms with E-state index in [2.05, 4.69) is 112 Å². The van der Waals surface area contributed by atoms with Crippen LogP contribution in [-0.4, -0.2) is 96.3 Å². The van der Waals surface area contributed by atoms with Gasteiger partial charge in [-0.2, -0.15) is 15.1 Å². The first-order valence-electron chi connectivity index (χ1n) is 19.2. The van der Waals surface area contributed by atoms with Crippen LogP contribution in [-0.2, 0) is 18.0 Å². The van der Waals surface area contributed by atoms with E-state index in [0.717, 1.165) is 25.7 Å². The average Bonchev–Trinajstić information content (AvgIpc) is 3.82. The highest BCUT2D eigenvalue weighted by molar-refractivity contribution is 6.75. The van der Waals surface area contributed by atoms with Crippen LogP contribution in [0.2, 0.25) is 54.4 Å². The highest BCUT2D eigenvalue weighted by Gasteiger charge is 2.55. The van der Waals surface area contributed by atoms with Crippen molar-refractivity contribution in [2.45, 2.75) is 173 Å². The number of hydrogen-bond donors (Lipinski definition) is 2. The summed E-state index contributed by atoms with van der Waals surface area (Å²) in [4.78, 5) is 26.5. The molecule has 53 heavy (non-hydrogen) atoms. The number of imidazole rings is 1. The summed E-state index contributed by atoms with van der Waals surface area (Å²) in [6.45, 7) is 34.2. The maximum absolute atomic E-state index is 11.8. The minimum Gasteiger partial charge on any atom is -0.478 e. The number of hydrogen-bond acceptors (Lipinski definition) is 10. The number of carboxylic acids is 1. The lowest BCUT2D eigenvalue weighted by atomic mass is 10.1. The summed E-state index contributed by atoms with van der Waals surface area (Å²) in [7, 11) is -6.92. The smallest absolute Gasteiger partial charge is 0.338 e. The highest BCUT2D eigenvalue weighted by atomic mass is 28.4. The number of carboxylic acid groups (broad SMARTS) is 1. The Kier molecular flexibility index (Phi) is 11.4. The lowest BCUT2D eigenvalue weighted by molar-refractivity contribution is -0.0470. The van der Waals surface area contributed by atoms with Crippen molar-refractivity contribution in [1.82, 2.24) is 29.3 Å². The van der Waals surface area contributed by atoms with Crippen molar-refractivity contribution < 1.29 is 27.9 Å². The molecule has 3 aromatic rings. The SMILES string of the molecule is CC(C)(C)[Si](C)(C)OC[C@H]1O[C@@H](n2cnc3c(NC4CCCC4)nc(-n4cc(C(=O)O)cn4)nc32)[C@H](O[Si](C)(C)C(C)(C)C)[C@@H]1O[Si](C)(C)C(C)(C)C. The van der Waals surface area contributed by atoms with Crippen LogP contribution in [0.5, 0.6) is 0 Å². The molecular formula is C37H65N7O6Si3. The summed E-state index contributed by atoms with van der Waals surface area (Å²) >= 11 is 0. The molecule has 4 heterocycles. The van der Waals surface area contributed by atoms with Gasteiger partial charge in [-0.1, -0.05) is 75.2 Å². The molecule has 1 saturated heterocycles. The summed E-state index contributed by atoms with van der Waals surface area (Å²) in [5, 5.41) is 17.5. The van der Waals surface area contributed by atoms with Crippen LogP contribution in [0.4, 0.5) is 5.82 Å². The van der Waals surface area contributed by atoms with E-state index in [4.69, 9.17) is 33.0 Å². The van der Waals surface area contributed by atoms with Crippen molar-refractivity contribution in [2.75, 3.05) is 11.9 Å². The second-order valence-corrected chi connectivity index (χ2v) is 33.9. The van der Waals surface area contributed by atoms with Crippen molar-refractivity contribution in [3.05, 3.63) is 24.3 Å². The standard InChI is InChI=1S/C37H65N7O6Si3/c1-35(2,3)51(10,11)47-22-26-28(49-52(12,13)36(4,5)6)29(50-53(14,15)37(7,8)9)32(48-26)43-23-38-27-30(40-25-18-16-17-19-25)41-34(42-31(27)43)44-21-24(20-39-44)33(45)46/h20-21,23,25-26,28-29,32H,16-19,22H2,1-15H3,(H,45,46)(H,40,41,42)/t26-,28-,29-,32-/m1/s1. The highest BCUT2D eigenvalue weighted by Crippen LogP contribution is 2.47. The van der Waals surface area contributed by atoms with Gasteiger partial charge in [-0.15, -0.1) is 0 Å². The lowest BCUT2D eigenvalue weighted by Gasteiger charge is -2.44. The van der Waals surface area contributed by atoms with Gasteiger partial charge in [0.05, 0.1) is 24.7 Å². The van der Waals surface area contributed by atoms with Crippen LogP contribution < -0.4 is 5.32 Å². The molecule has 1 aliphatic carbocycles. The number of rotatable bonds is 12. The van der Waals surface area contributed by atoms with Crippen molar-refractivity contribution in [3.63, 3.8) is 0 Å². The van der Waals surface area contributed by atoms with Crippen LogP contribution in [0.25, 0.3) is 17.1 Å². The molecule has 1 aliphatic heterocycles. The Morgan fingerprint density at radius 2 is 1.45 bits per heavy atom. The van der Waals surface area contributed by atoms with Crippen LogP contribution in [0.3, 0.4) is 0 Å². The van der Waals surface area contributed by atoms with Gasteiger partial charge in [0, 0.05) is 12.2 Å². The van der Waals surface area contributed by atoms with Crippen LogP contribution in [0, 0.1) is 0 Å². The monoisotopic (exact) mass is 787 g/mol. The first-order valence-corrected chi connectivity index (χ1v) is 27.9. The van der Waals surface area contributed by atoms with Gasteiger partial charge >= 0.3 is 5.97 Å². The molecule has 0 spiro atoms. The maximum Gasteiger partial charge on any atom is 0.338 e. The Bertz CT molecular complexity index is 1770. The van der Waals surface area contributed by atoms with Gasteiger partial charge in [-0.05, 0) is 67.2 Å². The fourth-order valence-corrected chi connectivity index (χ4v) is 9.59. The van der Waals surface area contributed by atoms with Gasteiger partial charge in [-0.3, -0.25) is 4.57 Å². The quantitative estimate of drug-likeness (QED) is 0.170. The molecule has 2 N–H and O–H groups in total. The van der Waals surface area contributed by atoms with E-state index in [9.17, 15) is 9.90 Å². The van der Waals surface area contributed by atoms with Gasteiger partial charge in [-0.25, -0.2) is 14.5 Å². The summed E-state index contributed by atoms with van der Waals surface area (Å²) < 4.78 is 32.2. The summed E-state index contributed by atoms with van der Waals surface area (Å²) in [5.74, 6) is -0.260. The van der Waals surface area contributed by atoms with Crippen molar-refractivity contribution >= 4 is 47.9 Å². The third-order valence-electron chi connectivity index (χ3n) is 12.6. The Hall–Kier alpha value is -2.48. The van der Waals surface area contributed by atoms with E-state index >= 15 is 0 Å². The summed E-state index contributed by atoms with van der Waals surface area (Å²) in [6, 6.07) is 0.245. The molecule has 1 saturated carbocycles. The Morgan fingerprint density at radius 1 is 0.887 bits per heavy atom. The second kappa shape index (κ2) is 14.5. The number of nitrogens with zero attached hydrogens (tertiary/aromatic N) is 6. The third kappa shape index (κ3) is 8.68. The molecule has 3 aromatic heterocycles. The zero-order chi connectivity index (χ0) is 39.5. The minimum atomic E-state index is -2.41. The minimum absolute atomic E-state index is 0.0153. The number of anilines is 1. The molecule has 2 fully saturated rings. The van der Waals surface area contributed by atoms with Gasteiger partial charge < -0.3 is 28.4 Å². The van der Waals surface area contributed by atoms with Gasteiger partial charge in [0.1, 0.15) is 18.3 Å². The molecule has 13 nitrogen and oxygen atoms in total. The zero-order valence-electron chi connectivity index (χ0n) is 34.8. The van der Waals surface area contributed by atoms with Crippen molar-refractivity contribution in [3.8, 4) is 5.95 Å². The molecular weight excluding hydrogens is 723 g/mol. The predicted octanol–water partition coefficient (Wildman–Crippen LogP) is 8.76. The van der Waals surface area contributed by atoms with Crippen molar-refractivity contribution in [1.29, 1.82) is 0 Å². The number of carbonyl (C=O) groups is 1. The Labute approximate surface area is 319 Å². The number of ether oxygens (including phenoxy) is 1. The fraction of sp³-hybridized carbons (Fsp3) is 0.757. The number of aromatic nitrogens is 6. The van der Waals surface area contributed by atoms with E-state index in [1.165, 1.54) is 17.1 Å². The molecule has 4 atom stereocenters. The average molecular weight is 788 g/mol. The van der Waals surface area contributed by atoms with E-state index in [1.807, 2.05) is 4.57 Å². The Morgan fingerprint density at radius 3 is 1.98 bits per heavy atom. The molecule has 0 aromatic carbocycles. The molecule has 0 unspecified atom stereocenters. The van der Waals surface area contributed by atoms with E-state index in [-0.39, 0.29) is 32.7 Å². The van der Waals surface area contributed by atoms with E-state index in [1.54, 1.807) is 6.33 Å². The van der Waals surface area contributed by atoms with Crippen molar-refractivity contribution in [2.24, 2.45) is 0 Å². The van der Waals surface area contributed by atoms with E-state index in [0.29, 0.717) is 23.6 Å². The number of aromatic carboxylic acids is 1. The van der Waals surface area contributed by atoms with Crippen LogP contribution in [0.1, 0.15) is 105 Å². The van der Waals surface area contributed by atoms with Crippen LogP contribution >= 0.6 is 0 Å². The summed E-state index contributed by atoms with van der Waals surface area (Å²) in [5.41, 5.74) is 1.18. The maximum atomic E-state index is 11.8. The second-order valence-electron chi connectivity index (χ2n) is 19.6. The zero-order valence-corrected chi connectivity index (χ0v) is 37.8. The first kappa shape index (κ1) is 41.7. The fourth-order valence-electron chi connectivity index (χ4n) is 5.98. The molecule has 296 valence electrons. The first-order chi connectivity index (χ1) is 24.2.